The fourth-order valence-electron chi connectivity index (χ4n) is 3.48. The van der Waals surface area contributed by atoms with Crippen molar-refractivity contribution in [3.8, 4) is 0 Å². The van der Waals surface area contributed by atoms with E-state index in [1.54, 1.807) is 0 Å². The predicted molar refractivity (Wildman–Crippen MR) is 139 cm³/mol. The summed E-state index contributed by atoms with van der Waals surface area (Å²) in [7, 11) is 0. The molecule has 0 atom stereocenters. The highest BCUT2D eigenvalue weighted by molar-refractivity contribution is 5.92. The molecular weight excluding hydrogens is 506 g/mol. The number of rotatable bonds is 13. The highest BCUT2D eigenvalue weighted by Crippen LogP contribution is 2.07. The van der Waals surface area contributed by atoms with Crippen LogP contribution in [0.5, 0.6) is 0 Å². The highest BCUT2D eigenvalue weighted by Gasteiger charge is 2.23. The molecule has 0 saturated carbocycles. The highest BCUT2D eigenvalue weighted by atomic mass is 16.6. The van der Waals surface area contributed by atoms with Crippen LogP contribution in [0.3, 0.4) is 0 Å². The Bertz CT molecular complexity index is 1040. The summed E-state index contributed by atoms with van der Waals surface area (Å²) in [5, 5.41) is 0. The summed E-state index contributed by atoms with van der Waals surface area (Å²) in [5.41, 5.74) is 1.65. The SMILES string of the molecule is O=C(/C=C/C(=O)OCC(COC(=O)/C=C/C(=O)OCc1ccccc1)N1CCOCC1)OCc1ccccc1. The van der Waals surface area contributed by atoms with Crippen LogP contribution in [-0.4, -0.2) is 74.3 Å². The van der Waals surface area contributed by atoms with Crippen molar-refractivity contribution in [1.82, 2.24) is 4.90 Å². The molecule has 1 fully saturated rings. The first-order valence-corrected chi connectivity index (χ1v) is 12.4. The van der Waals surface area contributed by atoms with E-state index >= 15 is 0 Å². The molecule has 0 N–H and O–H groups in total. The lowest BCUT2D eigenvalue weighted by atomic mass is 10.2. The van der Waals surface area contributed by atoms with Crippen LogP contribution in [0.2, 0.25) is 0 Å². The van der Waals surface area contributed by atoms with E-state index in [0.717, 1.165) is 35.4 Å². The molecule has 206 valence electrons. The Morgan fingerprint density at radius 1 is 0.641 bits per heavy atom. The molecule has 0 spiro atoms. The zero-order chi connectivity index (χ0) is 27.7. The van der Waals surface area contributed by atoms with Crippen LogP contribution in [0.1, 0.15) is 11.1 Å². The molecule has 3 rings (SSSR count). The van der Waals surface area contributed by atoms with Gasteiger partial charge in [0.2, 0.25) is 0 Å². The van der Waals surface area contributed by atoms with Gasteiger partial charge < -0.3 is 23.7 Å². The first kappa shape index (κ1) is 29.3. The van der Waals surface area contributed by atoms with Crippen molar-refractivity contribution in [3.63, 3.8) is 0 Å². The van der Waals surface area contributed by atoms with E-state index in [9.17, 15) is 19.2 Å². The Kier molecular flexibility index (Phi) is 12.4. The first-order valence-electron chi connectivity index (χ1n) is 12.4. The maximum Gasteiger partial charge on any atom is 0.331 e. The minimum Gasteiger partial charge on any atom is -0.461 e. The number of benzene rings is 2. The molecule has 1 aliphatic rings. The minimum atomic E-state index is -0.739. The molecule has 10 nitrogen and oxygen atoms in total. The summed E-state index contributed by atoms with van der Waals surface area (Å²) in [6, 6.07) is 17.8. The van der Waals surface area contributed by atoms with Crippen LogP contribution in [0.25, 0.3) is 0 Å². The van der Waals surface area contributed by atoms with E-state index in [0.29, 0.717) is 26.3 Å². The lowest BCUT2D eigenvalue weighted by molar-refractivity contribution is -0.146. The van der Waals surface area contributed by atoms with Crippen LogP contribution in [0, 0.1) is 0 Å². The van der Waals surface area contributed by atoms with Gasteiger partial charge in [-0.15, -0.1) is 0 Å². The first-order chi connectivity index (χ1) is 19.0. The second-order valence-corrected chi connectivity index (χ2v) is 8.42. The molecule has 1 heterocycles. The van der Waals surface area contributed by atoms with Crippen molar-refractivity contribution in [2.45, 2.75) is 19.3 Å². The Hall–Kier alpha value is -4.28. The van der Waals surface area contributed by atoms with Crippen molar-refractivity contribution in [1.29, 1.82) is 0 Å². The third-order valence-electron chi connectivity index (χ3n) is 5.56. The maximum absolute atomic E-state index is 12.2. The predicted octanol–water partition coefficient (Wildman–Crippen LogP) is 2.37. The summed E-state index contributed by atoms with van der Waals surface area (Å²) in [4.78, 5) is 50.0. The molecule has 2 aromatic rings. The molecule has 1 saturated heterocycles. The van der Waals surface area contributed by atoms with Gasteiger partial charge in [0.15, 0.2) is 0 Å². The van der Waals surface area contributed by atoms with E-state index < -0.39 is 29.9 Å². The third kappa shape index (κ3) is 11.8. The molecule has 0 aliphatic carbocycles. The standard InChI is InChI=1S/C29H31NO9/c31-26(36-19-23-7-3-1-4-8-23)11-13-28(33)38-21-25(30-15-17-35-18-16-30)22-39-29(34)14-12-27(32)37-20-24-9-5-2-6-10-24/h1-14,25H,15-22H2/b13-11+,14-12+. The number of ether oxygens (including phenoxy) is 5. The van der Waals surface area contributed by atoms with E-state index in [4.69, 9.17) is 23.7 Å². The smallest absolute Gasteiger partial charge is 0.331 e. The average molecular weight is 538 g/mol. The van der Waals surface area contributed by atoms with Crippen molar-refractivity contribution < 1.29 is 42.9 Å². The normalized spacial score (nSPS) is 13.9. The summed E-state index contributed by atoms with van der Waals surface area (Å²) < 4.78 is 26.1. The van der Waals surface area contributed by atoms with Crippen molar-refractivity contribution in [2.75, 3.05) is 39.5 Å². The molecule has 0 radical (unpaired) electrons. The molecule has 0 bridgehead atoms. The molecule has 0 amide bonds. The molecule has 2 aromatic carbocycles. The number of nitrogens with zero attached hydrogens (tertiary/aromatic N) is 1. The molecule has 10 heteroatoms. The van der Waals surface area contributed by atoms with E-state index in [1.165, 1.54) is 0 Å². The van der Waals surface area contributed by atoms with Crippen molar-refractivity contribution in [3.05, 3.63) is 96.1 Å². The van der Waals surface area contributed by atoms with Gasteiger partial charge in [0.1, 0.15) is 26.4 Å². The van der Waals surface area contributed by atoms with Crippen molar-refractivity contribution >= 4 is 23.9 Å². The number of esters is 4. The van der Waals surface area contributed by atoms with Gasteiger partial charge in [0, 0.05) is 37.4 Å². The van der Waals surface area contributed by atoms with Crippen LogP contribution in [0.4, 0.5) is 0 Å². The molecule has 39 heavy (non-hydrogen) atoms. The second-order valence-electron chi connectivity index (χ2n) is 8.42. The largest absolute Gasteiger partial charge is 0.461 e. The monoisotopic (exact) mass is 537 g/mol. The number of carbonyl (C=O) groups excluding carboxylic acids is 4. The quantitative estimate of drug-likeness (QED) is 0.214. The number of hydrogen-bond donors (Lipinski definition) is 0. The number of carbonyl (C=O) groups is 4. The Labute approximate surface area is 226 Å². The summed E-state index contributed by atoms with van der Waals surface area (Å²) in [5.74, 6) is -2.83. The number of morpholine rings is 1. The van der Waals surface area contributed by atoms with Crippen LogP contribution >= 0.6 is 0 Å². The summed E-state index contributed by atoms with van der Waals surface area (Å²) >= 11 is 0. The second kappa shape index (κ2) is 16.5. The van der Waals surface area contributed by atoms with Gasteiger partial charge in [0.05, 0.1) is 19.3 Å². The van der Waals surface area contributed by atoms with E-state index in [2.05, 4.69) is 0 Å². The fourth-order valence-corrected chi connectivity index (χ4v) is 3.48. The van der Waals surface area contributed by atoms with Crippen molar-refractivity contribution in [2.24, 2.45) is 0 Å². The molecule has 0 aromatic heterocycles. The lowest BCUT2D eigenvalue weighted by Crippen LogP contribution is -2.48. The summed E-state index contributed by atoms with van der Waals surface area (Å²) in [6.07, 6.45) is 3.96. The Morgan fingerprint density at radius 3 is 1.44 bits per heavy atom. The van der Waals surface area contributed by atoms with Gasteiger partial charge in [-0.2, -0.15) is 0 Å². The van der Waals surface area contributed by atoms with E-state index in [-0.39, 0.29) is 26.4 Å². The molecule has 0 unspecified atom stereocenters. The van der Waals surface area contributed by atoms with Gasteiger partial charge in [-0.1, -0.05) is 60.7 Å². The Morgan fingerprint density at radius 2 is 1.03 bits per heavy atom. The summed E-state index contributed by atoms with van der Waals surface area (Å²) in [6.45, 7) is 2.09. The van der Waals surface area contributed by atoms with Gasteiger partial charge >= 0.3 is 23.9 Å². The van der Waals surface area contributed by atoms with Crippen LogP contribution in [0.15, 0.2) is 85.0 Å². The van der Waals surface area contributed by atoms with Gasteiger partial charge in [-0.3, -0.25) is 4.90 Å². The van der Waals surface area contributed by atoms with Gasteiger partial charge in [0.25, 0.3) is 0 Å². The van der Waals surface area contributed by atoms with Crippen LogP contribution in [-0.2, 0) is 56.1 Å². The van der Waals surface area contributed by atoms with Gasteiger partial charge in [-0.25, -0.2) is 19.2 Å². The molecule has 1 aliphatic heterocycles. The fraction of sp³-hybridized carbons (Fsp3) is 0.310. The maximum atomic E-state index is 12.2. The lowest BCUT2D eigenvalue weighted by Gasteiger charge is -2.33. The Balaban J connectivity index is 1.42. The minimum absolute atomic E-state index is 0.0850. The van der Waals surface area contributed by atoms with Crippen LogP contribution < -0.4 is 0 Å². The zero-order valence-electron chi connectivity index (χ0n) is 21.4. The average Bonchev–Trinajstić information content (AvgIpc) is 2.98. The third-order valence-corrected chi connectivity index (χ3v) is 5.56. The topological polar surface area (TPSA) is 118 Å². The van der Waals surface area contributed by atoms with Gasteiger partial charge in [-0.05, 0) is 11.1 Å². The number of hydrogen-bond acceptors (Lipinski definition) is 10. The van der Waals surface area contributed by atoms with E-state index in [1.807, 2.05) is 65.6 Å². The zero-order valence-corrected chi connectivity index (χ0v) is 21.4. The molecular formula is C29H31NO9.